The van der Waals surface area contributed by atoms with Gasteiger partial charge >= 0.3 is 11.8 Å². The Morgan fingerprint density at radius 3 is 2.39 bits per heavy atom. The maximum atomic E-state index is 11.8. The molecule has 0 spiro atoms. The molecule has 2 N–H and O–H groups in total. The Balaban J connectivity index is 1.84. The summed E-state index contributed by atoms with van der Waals surface area (Å²) in [6, 6.07) is 12.9. The number of anilines is 1. The van der Waals surface area contributed by atoms with Gasteiger partial charge in [0.25, 0.3) is 0 Å². The number of amides is 2. The molecular weight excluding hydrogens is 310 g/mol. The number of rotatable bonds is 5. The van der Waals surface area contributed by atoms with Crippen molar-refractivity contribution in [2.45, 2.75) is 26.3 Å². The van der Waals surface area contributed by atoms with Crippen molar-refractivity contribution >= 4 is 28.8 Å². The van der Waals surface area contributed by atoms with Crippen molar-refractivity contribution in [3.8, 4) is 6.07 Å². The van der Waals surface area contributed by atoms with Crippen LogP contribution in [0.25, 0.3) is 0 Å². The maximum Gasteiger partial charge on any atom is 0.313 e. The third kappa shape index (κ3) is 4.94. The van der Waals surface area contributed by atoms with Crippen molar-refractivity contribution in [1.82, 2.24) is 5.32 Å². The average molecular weight is 327 g/mol. The van der Waals surface area contributed by atoms with Crippen molar-refractivity contribution < 1.29 is 9.59 Å². The average Bonchev–Trinajstić information content (AvgIpc) is 3.02. The third-order valence-corrected chi connectivity index (χ3v) is 4.42. The third-order valence-electron chi connectivity index (χ3n) is 3.19. The summed E-state index contributed by atoms with van der Waals surface area (Å²) in [5.74, 6) is -1.37. The van der Waals surface area contributed by atoms with Gasteiger partial charge in [-0.3, -0.25) is 9.59 Å². The van der Waals surface area contributed by atoms with Gasteiger partial charge in [-0.05, 0) is 36.2 Å². The number of thiophene rings is 1. The van der Waals surface area contributed by atoms with Crippen LogP contribution in [0.2, 0.25) is 0 Å². The first-order valence-corrected chi connectivity index (χ1v) is 8.06. The lowest BCUT2D eigenvalue weighted by Crippen LogP contribution is -2.34. The number of hydrogen-bond donors (Lipinski definition) is 2. The summed E-state index contributed by atoms with van der Waals surface area (Å²) in [4.78, 5) is 25.9. The molecule has 5 nitrogen and oxygen atoms in total. The standard InChI is InChI=1S/C17H17N3O2S/c1-2-14-7-8-15(23-14)11-19-16(21)17(22)20-13-5-3-12(4-6-13)9-10-18/h3-8H,2,9,11H2,1H3,(H,19,21)(H,20,22). The zero-order valence-corrected chi connectivity index (χ0v) is 13.6. The van der Waals surface area contributed by atoms with Crippen molar-refractivity contribution in [3.63, 3.8) is 0 Å². The number of nitrogens with one attached hydrogen (secondary N) is 2. The molecule has 0 atom stereocenters. The van der Waals surface area contributed by atoms with Crippen molar-refractivity contribution in [2.24, 2.45) is 0 Å². The monoisotopic (exact) mass is 327 g/mol. The lowest BCUT2D eigenvalue weighted by molar-refractivity contribution is -0.136. The Kier molecular flexibility index (Phi) is 5.89. The van der Waals surface area contributed by atoms with E-state index in [1.807, 2.05) is 12.1 Å². The van der Waals surface area contributed by atoms with Crippen LogP contribution in [0.15, 0.2) is 36.4 Å². The zero-order chi connectivity index (χ0) is 16.7. The van der Waals surface area contributed by atoms with Gasteiger partial charge in [0, 0.05) is 15.4 Å². The lowest BCUT2D eigenvalue weighted by Gasteiger charge is -2.06. The van der Waals surface area contributed by atoms with Crippen LogP contribution in [-0.2, 0) is 29.0 Å². The Morgan fingerprint density at radius 2 is 1.78 bits per heavy atom. The number of aryl methyl sites for hydroxylation is 1. The molecule has 0 bridgehead atoms. The second-order valence-corrected chi connectivity index (χ2v) is 6.14. The summed E-state index contributed by atoms with van der Waals surface area (Å²) < 4.78 is 0. The Labute approximate surface area is 138 Å². The Hall–Kier alpha value is -2.65. The van der Waals surface area contributed by atoms with E-state index >= 15 is 0 Å². The highest BCUT2D eigenvalue weighted by Gasteiger charge is 2.13. The molecule has 1 heterocycles. The fourth-order valence-electron chi connectivity index (χ4n) is 1.94. The molecule has 0 aliphatic heterocycles. The van der Waals surface area contributed by atoms with Crippen LogP contribution in [0.1, 0.15) is 22.2 Å². The SMILES string of the molecule is CCc1ccc(CNC(=O)C(=O)Nc2ccc(CC#N)cc2)s1. The summed E-state index contributed by atoms with van der Waals surface area (Å²) >= 11 is 1.62. The van der Waals surface area contributed by atoms with E-state index in [2.05, 4.69) is 23.6 Å². The summed E-state index contributed by atoms with van der Waals surface area (Å²) in [6.07, 6.45) is 1.27. The molecule has 1 aromatic heterocycles. The van der Waals surface area contributed by atoms with Crippen LogP contribution in [-0.4, -0.2) is 11.8 Å². The van der Waals surface area contributed by atoms with Crippen molar-refractivity contribution in [3.05, 3.63) is 51.7 Å². The van der Waals surface area contributed by atoms with Gasteiger partial charge in [-0.25, -0.2) is 0 Å². The summed E-state index contributed by atoms with van der Waals surface area (Å²) in [7, 11) is 0. The number of benzene rings is 1. The van der Waals surface area contributed by atoms with Crippen LogP contribution in [0.5, 0.6) is 0 Å². The number of hydrogen-bond acceptors (Lipinski definition) is 4. The predicted molar refractivity (Wildman–Crippen MR) is 89.9 cm³/mol. The fraction of sp³-hybridized carbons (Fsp3) is 0.235. The zero-order valence-electron chi connectivity index (χ0n) is 12.8. The van der Waals surface area contributed by atoms with Gasteiger partial charge < -0.3 is 10.6 Å². The van der Waals surface area contributed by atoms with Crippen LogP contribution in [0.4, 0.5) is 5.69 Å². The minimum atomic E-state index is -0.703. The van der Waals surface area contributed by atoms with E-state index in [4.69, 9.17) is 5.26 Å². The van der Waals surface area contributed by atoms with Crippen molar-refractivity contribution in [1.29, 1.82) is 5.26 Å². The van der Waals surface area contributed by atoms with Crippen LogP contribution >= 0.6 is 11.3 Å². The second-order valence-electron chi connectivity index (χ2n) is 4.89. The van der Waals surface area contributed by atoms with E-state index in [-0.39, 0.29) is 0 Å². The van der Waals surface area contributed by atoms with E-state index in [1.54, 1.807) is 35.6 Å². The molecule has 1 aromatic carbocycles. The van der Waals surface area contributed by atoms with Crippen LogP contribution < -0.4 is 10.6 Å². The normalized spacial score (nSPS) is 9.91. The fourth-order valence-corrected chi connectivity index (χ4v) is 2.84. The van der Waals surface area contributed by atoms with Gasteiger partial charge in [0.2, 0.25) is 0 Å². The van der Waals surface area contributed by atoms with Crippen molar-refractivity contribution in [2.75, 3.05) is 5.32 Å². The van der Waals surface area contributed by atoms with Gasteiger partial charge in [-0.15, -0.1) is 11.3 Å². The molecule has 0 unspecified atom stereocenters. The van der Waals surface area contributed by atoms with Crippen LogP contribution in [0, 0.1) is 11.3 Å². The first kappa shape index (κ1) is 16.7. The summed E-state index contributed by atoms with van der Waals surface area (Å²) in [5.41, 5.74) is 1.38. The largest absolute Gasteiger partial charge is 0.343 e. The molecule has 0 aliphatic carbocycles. The smallest absolute Gasteiger partial charge is 0.313 e. The number of nitriles is 1. The number of carbonyl (C=O) groups excluding carboxylic acids is 2. The Morgan fingerprint density at radius 1 is 1.09 bits per heavy atom. The molecule has 118 valence electrons. The van der Waals surface area contributed by atoms with Crippen LogP contribution in [0.3, 0.4) is 0 Å². The first-order chi connectivity index (χ1) is 11.1. The minimum absolute atomic E-state index is 0.315. The molecule has 0 aliphatic rings. The van der Waals surface area contributed by atoms with Gasteiger partial charge in [-0.1, -0.05) is 19.1 Å². The molecular formula is C17H17N3O2S. The quantitative estimate of drug-likeness (QED) is 0.828. The van der Waals surface area contributed by atoms with E-state index < -0.39 is 11.8 Å². The topological polar surface area (TPSA) is 82.0 Å². The molecule has 2 rings (SSSR count). The number of nitrogens with zero attached hydrogens (tertiary/aromatic N) is 1. The molecule has 0 fully saturated rings. The molecule has 0 saturated carbocycles. The molecule has 2 aromatic rings. The van der Waals surface area contributed by atoms with Gasteiger partial charge in [0.15, 0.2) is 0 Å². The Bertz CT molecular complexity index is 729. The summed E-state index contributed by atoms with van der Waals surface area (Å²) in [6.45, 7) is 2.42. The molecule has 0 radical (unpaired) electrons. The summed E-state index contributed by atoms with van der Waals surface area (Å²) in [5, 5.41) is 13.7. The van der Waals surface area contributed by atoms with E-state index in [1.165, 1.54) is 4.88 Å². The predicted octanol–water partition coefficient (Wildman–Crippen LogP) is 2.63. The minimum Gasteiger partial charge on any atom is -0.343 e. The highest BCUT2D eigenvalue weighted by Crippen LogP contribution is 2.16. The van der Waals surface area contributed by atoms with E-state index in [0.29, 0.717) is 18.7 Å². The first-order valence-electron chi connectivity index (χ1n) is 7.25. The molecule has 0 saturated heterocycles. The molecule has 23 heavy (non-hydrogen) atoms. The second kappa shape index (κ2) is 8.11. The molecule has 2 amide bonds. The van der Waals surface area contributed by atoms with Gasteiger partial charge in [0.1, 0.15) is 0 Å². The van der Waals surface area contributed by atoms with Gasteiger partial charge in [-0.2, -0.15) is 5.26 Å². The molecule has 6 heteroatoms. The maximum absolute atomic E-state index is 11.8. The van der Waals surface area contributed by atoms with E-state index in [9.17, 15) is 9.59 Å². The number of carbonyl (C=O) groups is 2. The highest BCUT2D eigenvalue weighted by molar-refractivity contribution is 7.11. The van der Waals surface area contributed by atoms with E-state index in [0.717, 1.165) is 16.9 Å². The lowest BCUT2D eigenvalue weighted by atomic mass is 10.1. The highest BCUT2D eigenvalue weighted by atomic mass is 32.1. The van der Waals surface area contributed by atoms with Gasteiger partial charge in [0.05, 0.1) is 19.0 Å².